The van der Waals surface area contributed by atoms with Crippen LogP contribution in [0.3, 0.4) is 0 Å². The Morgan fingerprint density at radius 2 is 2.05 bits per heavy atom. The number of allylic oxidation sites excluding steroid dienone is 1. The van der Waals surface area contributed by atoms with Gasteiger partial charge in [0.25, 0.3) is 5.56 Å². The van der Waals surface area contributed by atoms with E-state index < -0.39 is 11.2 Å². The van der Waals surface area contributed by atoms with Crippen LogP contribution in [0.15, 0.2) is 27.2 Å². The zero-order valence-corrected chi connectivity index (χ0v) is 13.7. The van der Waals surface area contributed by atoms with Gasteiger partial charge in [0.05, 0.1) is 39.9 Å². The first-order valence-electron chi connectivity index (χ1n) is 7.22. The normalized spacial score (nSPS) is 12.5. The van der Waals surface area contributed by atoms with Gasteiger partial charge in [0, 0.05) is 6.54 Å². The van der Waals surface area contributed by atoms with E-state index in [0.717, 1.165) is 15.6 Å². The molecular weight excluding hydrogens is 284 g/mol. The molecule has 0 aliphatic carbocycles. The minimum Gasteiger partial charge on any atom is -0.494 e. The monoisotopic (exact) mass is 309 g/mol. The molecule has 0 aliphatic heterocycles. The van der Waals surface area contributed by atoms with Gasteiger partial charge in [-0.1, -0.05) is 13.0 Å². The Labute approximate surface area is 129 Å². The van der Waals surface area contributed by atoms with Crippen LogP contribution in [-0.2, 0) is 6.54 Å². The summed E-state index contributed by atoms with van der Waals surface area (Å²) in [5, 5.41) is 10.3. The van der Waals surface area contributed by atoms with E-state index in [1.165, 1.54) is 6.08 Å². The highest BCUT2D eigenvalue weighted by Crippen LogP contribution is 2.13. The van der Waals surface area contributed by atoms with Crippen LogP contribution in [-0.4, -0.2) is 59.1 Å². The lowest BCUT2D eigenvalue weighted by atomic mass is 10.1. The van der Waals surface area contributed by atoms with Gasteiger partial charge in [-0.2, -0.15) is 0 Å². The smallest absolute Gasteiger partial charge is 0.331 e. The largest absolute Gasteiger partial charge is 0.494 e. The zero-order valence-electron chi connectivity index (χ0n) is 13.7. The fourth-order valence-electron chi connectivity index (χ4n) is 1.97. The molecule has 1 rings (SSSR count). The van der Waals surface area contributed by atoms with Crippen molar-refractivity contribution in [2.45, 2.75) is 19.9 Å². The van der Waals surface area contributed by atoms with Crippen molar-refractivity contribution in [1.82, 2.24) is 9.55 Å². The SMILES string of the molecule is C=CCn1c(O)c(C(CC)=NCC[N+](C)(C)C)c(=O)[nH]c1=O. The maximum Gasteiger partial charge on any atom is 0.331 e. The highest BCUT2D eigenvalue weighted by molar-refractivity contribution is 6.01. The number of hydrogen-bond donors (Lipinski definition) is 2. The molecule has 0 aromatic carbocycles. The third kappa shape index (κ3) is 4.42. The topological polar surface area (TPSA) is 87.4 Å². The van der Waals surface area contributed by atoms with Crippen LogP contribution in [0.4, 0.5) is 0 Å². The summed E-state index contributed by atoms with van der Waals surface area (Å²) in [7, 11) is 6.15. The standard InChI is InChI=1S/C15H24N4O3/c1-6-9-18-14(21)12(13(20)17-15(18)22)11(7-2)16-8-10-19(3,4)5/h6H,1,7-10H2,2-5H3,(H-,16,17,20,21,22)/p+1. The van der Waals surface area contributed by atoms with E-state index >= 15 is 0 Å². The molecule has 1 aromatic rings. The minimum atomic E-state index is -0.659. The summed E-state index contributed by atoms with van der Waals surface area (Å²) in [4.78, 5) is 30.4. The lowest BCUT2D eigenvalue weighted by Crippen LogP contribution is -2.37. The van der Waals surface area contributed by atoms with Gasteiger partial charge in [0.15, 0.2) is 0 Å². The van der Waals surface area contributed by atoms with Crippen LogP contribution in [0.25, 0.3) is 0 Å². The molecule has 7 nitrogen and oxygen atoms in total. The number of nitrogens with one attached hydrogen (secondary N) is 1. The quantitative estimate of drug-likeness (QED) is 0.432. The summed E-state index contributed by atoms with van der Waals surface area (Å²) < 4.78 is 1.81. The second-order valence-electron chi connectivity index (χ2n) is 6.05. The van der Waals surface area contributed by atoms with Gasteiger partial charge in [-0.25, -0.2) is 4.79 Å². The third-order valence-corrected chi connectivity index (χ3v) is 3.18. The summed E-state index contributed by atoms with van der Waals surface area (Å²) >= 11 is 0. The van der Waals surface area contributed by atoms with Crippen molar-refractivity contribution in [1.29, 1.82) is 0 Å². The fourth-order valence-corrected chi connectivity index (χ4v) is 1.97. The Morgan fingerprint density at radius 3 is 2.55 bits per heavy atom. The fraction of sp³-hybridized carbons (Fsp3) is 0.533. The molecule has 122 valence electrons. The van der Waals surface area contributed by atoms with Crippen LogP contribution >= 0.6 is 0 Å². The van der Waals surface area contributed by atoms with Crippen LogP contribution in [0.2, 0.25) is 0 Å². The first kappa shape index (κ1) is 17.9. The van der Waals surface area contributed by atoms with Gasteiger partial charge in [-0.15, -0.1) is 6.58 Å². The maximum atomic E-state index is 12.0. The van der Waals surface area contributed by atoms with Crippen molar-refractivity contribution in [3.05, 3.63) is 39.1 Å². The second-order valence-corrected chi connectivity index (χ2v) is 6.05. The molecular formula is C15H25N4O3+. The minimum absolute atomic E-state index is 0.0605. The molecule has 0 spiro atoms. The maximum absolute atomic E-state index is 12.0. The van der Waals surface area contributed by atoms with Crippen molar-refractivity contribution in [3.63, 3.8) is 0 Å². The molecule has 22 heavy (non-hydrogen) atoms. The van der Waals surface area contributed by atoms with Crippen LogP contribution in [0.5, 0.6) is 5.88 Å². The summed E-state index contributed by atoms with van der Waals surface area (Å²) in [6.07, 6.45) is 1.96. The molecule has 0 aliphatic rings. The van der Waals surface area contributed by atoms with Crippen LogP contribution < -0.4 is 11.2 Å². The summed E-state index contributed by atoms with van der Waals surface area (Å²) in [6, 6.07) is 0. The Hall–Kier alpha value is -2.15. The van der Waals surface area contributed by atoms with E-state index in [4.69, 9.17) is 0 Å². The van der Waals surface area contributed by atoms with Gasteiger partial charge in [-0.05, 0) is 6.42 Å². The summed E-state index contributed by atoms with van der Waals surface area (Å²) in [6.45, 7) is 6.84. The number of rotatable bonds is 7. The Kier molecular flexibility index (Phi) is 5.87. The zero-order chi connectivity index (χ0) is 16.9. The van der Waals surface area contributed by atoms with E-state index in [1.807, 2.05) is 6.92 Å². The number of hydrogen-bond acceptors (Lipinski definition) is 4. The molecule has 0 fully saturated rings. The summed E-state index contributed by atoms with van der Waals surface area (Å²) in [5.74, 6) is -0.362. The number of quaternary nitrogens is 1. The van der Waals surface area contributed by atoms with E-state index in [0.29, 0.717) is 18.7 Å². The Bertz CT molecular complexity index is 677. The molecule has 0 amide bonds. The van der Waals surface area contributed by atoms with Gasteiger partial charge in [-0.3, -0.25) is 19.3 Å². The molecule has 0 saturated carbocycles. The van der Waals surface area contributed by atoms with E-state index in [-0.39, 0.29) is 18.0 Å². The van der Waals surface area contributed by atoms with Gasteiger partial charge in [0.2, 0.25) is 5.88 Å². The molecule has 1 aromatic heterocycles. The predicted molar refractivity (Wildman–Crippen MR) is 87.8 cm³/mol. The number of aromatic amines is 1. The van der Waals surface area contributed by atoms with Gasteiger partial charge >= 0.3 is 5.69 Å². The van der Waals surface area contributed by atoms with Crippen molar-refractivity contribution < 1.29 is 9.59 Å². The second kappa shape index (κ2) is 7.22. The number of aliphatic imine (C=N–C) groups is 1. The van der Waals surface area contributed by atoms with Crippen molar-refractivity contribution in [2.24, 2.45) is 4.99 Å². The Morgan fingerprint density at radius 1 is 1.41 bits per heavy atom. The average molecular weight is 309 g/mol. The number of likely N-dealkylation sites (N-methyl/N-ethyl adjacent to an activating group) is 1. The average Bonchev–Trinajstić information content (AvgIpc) is 2.40. The van der Waals surface area contributed by atoms with Crippen molar-refractivity contribution >= 4 is 5.71 Å². The molecule has 0 saturated heterocycles. The number of aromatic nitrogens is 2. The molecule has 0 unspecified atom stereocenters. The van der Waals surface area contributed by atoms with E-state index in [9.17, 15) is 14.7 Å². The lowest BCUT2D eigenvalue weighted by Gasteiger charge is -2.22. The highest BCUT2D eigenvalue weighted by Gasteiger charge is 2.18. The molecule has 2 N–H and O–H groups in total. The van der Waals surface area contributed by atoms with Crippen LogP contribution in [0, 0.1) is 0 Å². The first-order valence-corrected chi connectivity index (χ1v) is 7.22. The Balaban J connectivity index is 3.30. The number of nitrogens with zero attached hydrogens (tertiary/aromatic N) is 3. The first-order chi connectivity index (χ1) is 10.2. The third-order valence-electron chi connectivity index (χ3n) is 3.18. The van der Waals surface area contributed by atoms with Gasteiger partial charge < -0.3 is 9.59 Å². The molecule has 0 bridgehead atoms. The lowest BCUT2D eigenvalue weighted by molar-refractivity contribution is -0.868. The van der Waals surface area contributed by atoms with Crippen LogP contribution in [0.1, 0.15) is 18.9 Å². The molecule has 7 heteroatoms. The number of aromatic hydroxyl groups is 1. The van der Waals surface area contributed by atoms with Gasteiger partial charge in [0.1, 0.15) is 5.56 Å². The summed E-state index contributed by atoms with van der Waals surface area (Å²) in [5.41, 5.74) is -0.725. The van der Waals surface area contributed by atoms with E-state index in [1.54, 1.807) is 0 Å². The molecule has 0 atom stereocenters. The van der Waals surface area contributed by atoms with Crippen molar-refractivity contribution in [2.75, 3.05) is 34.2 Å². The molecule has 0 radical (unpaired) electrons. The predicted octanol–water partition coefficient (Wildman–Crippen LogP) is 0.334. The molecule has 1 heterocycles. The van der Waals surface area contributed by atoms with E-state index in [2.05, 4.69) is 37.7 Å². The highest BCUT2D eigenvalue weighted by atomic mass is 16.3. The van der Waals surface area contributed by atoms with Crippen molar-refractivity contribution in [3.8, 4) is 5.88 Å². The number of H-pyrrole nitrogens is 1.